The first-order valence-corrected chi connectivity index (χ1v) is 7.85. The molecule has 1 aromatic rings. The van der Waals surface area contributed by atoms with Gasteiger partial charge in [0.25, 0.3) is 0 Å². The Kier molecular flexibility index (Phi) is 3.52. The van der Waals surface area contributed by atoms with Gasteiger partial charge in [-0.1, -0.05) is 12.8 Å². The van der Waals surface area contributed by atoms with E-state index in [4.69, 9.17) is 16.6 Å². The van der Waals surface area contributed by atoms with E-state index in [-0.39, 0.29) is 0 Å². The molecule has 1 aliphatic carbocycles. The predicted octanol–water partition coefficient (Wildman–Crippen LogP) is 3.40. The summed E-state index contributed by atoms with van der Waals surface area (Å²) in [5.41, 5.74) is 0. The van der Waals surface area contributed by atoms with E-state index in [0.717, 1.165) is 17.5 Å². The molecule has 2 aliphatic rings. The number of anilines is 1. The Balaban J connectivity index is 1.78. The minimum atomic E-state index is 0.458. The fraction of sp³-hybridized carbons (Fsp3) is 0.833. The second kappa shape index (κ2) is 5.11. The van der Waals surface area contributed by atoms with Gasteiger partial charge in [0.05, 0.1) is 0 Å². The molecule has 3 nitrogen and oxygen atoms in total. The quantitative estimate of drug-likeness (QED) is 0.789. The van der Waals surface area contributed by atoms with Gasteiger partial charge in [0.15, 0.2) is 0 Å². The molecule has 1 saturated carbocycles. The van der Waals surface area contributed by atoms with Crippen molar-refractivity contribution in [3.05, 3.63) is 5.82 Å². The number of aromatic nitrogens is 2. The van der Waals surface area contributed by atoms with Gasteiger partial charge in [-0.2, -0.15) is 4.37 Å². The first-order chi connectivity index (χ1) is 8.38. The van der Waals surface area contributed by atoms with Gasteiger partial charge in [0.2, 0.25) is 5.13 Å². The van der Waals surface area contributed by atoms with Gasteiger partial charge in [0.1, 0.15) is 5.82 Å². The molecule has 0 spiro atoms. The number of alkyl halides is 1. The van der Waals surface area contributed by atoms with Crippen molar-refractivity contribution in [3.63, 3.8) is 0 Å². The zero-order valence-electron chi connectivity index (χ0n) is 9.94. The van der Waals surface area contributed by atoms with Crippen molar-refractivity contribution in [1.82, 2.24) is 9.36 Å². The average Bonchev–Trinajstić information content (AvgIpc) is 3.13. The van der Waals surface area contributed by atoms with Crippen molar-refractivity contribution >= 4 is 28.3 Å². The summed E-state index contributed by atoms with van der Waals surface area (Å²) >= 11 is 7.65. The number of hydrogen-bond acceptors (Lipinski definition) is 4. The van der Waals surface area contributed by atoms with Crippen molar-refractivity contribution in [1.29, 1.82) is 0 Å². The fourth-order valence-electron chi connectivity index (χ4n) is 2.44. The monoisotopic (exact) mass is 271 g/mol. The van der Waals surface area contributed by atoms with Crippen LogP contribution >= 0.6 is 23.1 Å². The minimum absolute atomic E-state index is 0.458. The molecule has 1 aliphatic heterocycles. The normalized spacial score (nSPS) is 25.9. The summed E-state index contributed by atoms with van der Waals surface area (Å²) < 4.78 is 4.50. The highest BCUT2D eigenvalue weighted by Gasteiger charge is 2.30. The van der Waals surface area contributed by atoms with Crippen LogP contribution in [0.25, 0.3) is 0 Å². The first-order valence-electron chi connectivity index (χ1n) is 6.54. The molecule has 1 aromatic heterocycles. The van der Waals surface area contributed by atoms with Crippen LogP contribution in [0.5, 0.6) is 0 Å². The SMILES string of the molecule is ClCC1CCCCCN1c1nc(C2CC2)ns1. The lowest BCUT2D eigenvalue weighted by Gasteiger charge is -2.27. The molecule has 3 rings (SSSR count). The summed E-state index contributed by atoms with van der Waals surface area (Å²) in [6.45, 7) is 1.09. The summed E-state index contributed by atoms with van der Waals surface area (Å²) in [6.07, 6.45) is 7.61. The van der Waals surface area contributed by atoms with Crippen LogP contribution in [0.3, 0.4) is 0 Å². The molecule has 0 radical (unpaired) electrons. The zero-order chi connectivity index (χ0) is 11.7. The van der Waals surface area contributed by atoms with E-state index in [1.807, 2.05) is 0 Å². The minimum Gasteiger partial charge on any atom is -0.343 e. The molecule has 0 bridgehead atoms. The van der Waals surface area contributed by atoms with Crippen LogP contribution in [0.15, 0.2) is 0 Å². The fourth-order valence-corrected chi connectivity index (χ4v) is 3.61. The Labute approximate surface area is 111 Å². The molecule has 1 atom stereocenters. The van der Waals surface area contributed by atoms with E-state index in [1.165, 1.54) is 38.5 Å². The van der Waals surface area contributed by atoms with E-state index in [0.29, 0.717) is 17.8 Å². The third-order valence-electron chi connectivity index (χ3n) is 3.67. The van der Waals surface area contributed by atoms with Crippen LogP contribution in [0.2, 0.25) is 0 Å². The van der Waals surface area contributed by atoms with E-state index in [9.17, 15) is 0 Å². The van der Waals surface area contributed by atoms with Gasteiger partial charge >= 0.3 is 0 Å². The van der Waals surface area contributed by atoms with Crippen LogP contribution in [0.4, 0.5) is 5.13 Å². The summed E-state index contributed by atoms with van der Waals surface area (Å²) in [5.74, 6) is 2.43. The maximum Gasteiger partial charge on any atom is 0.205 e. The first kappa shape index (κ1) is 11.7. The Morgan fingerprint density at radius 3 is 2.88 bits per heavy atom. The molecule has 17 heavy (non-hydrogen) atoms. The summed E-state index contributed by atoms with van der Waals surface area (Å²) in [7, 11) is 0. The van der Waals surface area contributed by atoms with Crippen LogP contribution in [0, 0.1) is 0 Å². The summed E-state index contributed by atoms with van der Waals surface area (Å²) in [6, 6.07) is 0.458. The standard InChI is InChI=1S/C12H18ClN3S/c13-8-10-4-2-1-3-7-16(10)12-14-11(15-17-12)9-5-6-9/h9-10H,1-8H2. The summed E-state index contributed by atoms with van der Waals surface area (Å²) in [5, 5.41) is 1.10. The van der Waals surface area contributed by atoms with E-state index in [2.05, 4.69) is 9.27 Å². The lowest BCUT2D eigenvalue weighted by Crippen LogP contribution is -2.36. The molecule has 0 N–H and O–H groups in total. The van der Waals surface area contributed by atoms with E-state index < -0.39 is 0 Å². The molecule has 0 aromatic carbocycles. The molecular weight excluding hydrogens is 254 g/mol. The molecule has 5 heteroatoms. The highest BCUT2D eigenvalue weighted by Crippen LogP contribution is 2.40. The predicted molar refractivity (Wildman–Crippen MR) is 72.2 cm³/mol. The van der Waals surface area contributed by atoms with Gasteiger partial charge in [0, 0.05) is 35.9 Å². The molecule has 0 amide bonds. The van der Waals surface area contributed by atoms with E-state index >= 15 is 0 Å². The molecular formula is C12H18ClN3S. The number of hydrogen-bond donors (Lipinski definition) is 0. The van der Waals surface area contributed by atoms with Crippen LogP contribution in [-0.4, -0.2) is 27.8 Å². The van der Waals surface area contributed by atoms with E-state index in [1.54, 1.807) is 11.5 Å². The number of rotatable bonds is 3. The highest BCUT2D eigenvalue weighted by atomic mass is 35.5. The van der Waals surface area contributed by atoms with Crippen molar-refractivity contribution in [2.75, 3.05) is 17.3 Å². The zero-order valence-corrected chi connectivity index (χ0v) is 11.5. The van der Waals surface area contributed by atoms with Gasteiger partial charge in [-0.15, -0.1) is 11.6 Å². The van der Waals surface area contributed by atoms with Crippen LogP contribution in [-0.2, 0) is 0 Å². The Hall–Kier alpha value is -0.350. The lowest BCUT2D eigenvalue weighted by atomic mass is 10.1. The lowest BCUT2D eigenvalue weighted by molar-refractivity contribution is 0.619. The van der Waals surface area contributed by atoms with Crippen LogP contribution < -0.4 is 4.90 Å². The van der Waals surface area contributed by atoms with Gasteiger partial charge in [-0.25, -0.2) is 4.98 Å². The largest absolute Gasteiger partial charge is 0.343 e. The van der Waals surface area contributed by atoms with Crippen molar-refractivity contribution in [2.45, 2.75) is 50.5 Å². The Morgan fingerprint density at radius 1 is 1.24 bits per heavy atom. The highest BCUT2D eigenvalue weighted by molar-refractivity contribution is 7.09. The van der Waals surface area contributed by atoms with Crippen molar-refractivity contribution in [2.24, 2.45) is 0 Å². The smallest absolute Gasteiger partial charge is 0.205 e. The second-order valence-electron chi connectivity index (χ2n) is 5.06. The average molecular weight is 272 g/mol. The topological polar surface area (TPSA) is 29.0 Å². The number of nitrogens with zero attached hydrogens (tertiary/aromatic N) is 3. The molecule has 2 fully saturated rings. The third kappa shape index (κ3) is 2.58. The molecule has 1 saturated heterocycles. The second-order valence-corrected chi connectivity index (χ2v) is 6.10. The Bertz CT molecular complexity index is 378. The maximum absolute atomic E-state index is 6.09. The Morgan fingerprint density at radius 2 is 2.12 bits per heavy atom. The van der Waals surface area contributed by atoms with Gasteiger partial charge in [-0.05, 0) is 25.7 Å². The van der Waals surface area contributed by atoms with Crippen LogP contribution in [0.1, 0.15) is 50.3 Å². The van der Waals surface area contributed by atoms with Gasteiger partial charge < -0.3 is 4.90 Å². The molecule has 2 heterocycles. The third-order valence-corrected chi connectivity index (χ3v) is 4.80. The summed E-state index contributed by atoms with van der Waals surface area (Å²) in [4.78, 5) is 7.10. The molecule has 1 unspecified atom stereocenters. The van der Waals surface area contributed by atoms with Gasteiger partial charge in [-0.3, -0.25) is 0 Å². The number of halogens is 1. The van der Waals surface area contributed by atoms with Crippen molar-refractivity contribution < 1.29 is 0 Å². The maximum atomic E-state index is 6.09. The van der Waals surface area contributed by atoms with Crippen molar-refractivity contribution in [3.8, 4) is 0 Å². The molecule has 94 valence electrons.